The molecule has 0 N–H and O–H groups in total. The van der Waals surface area contributed by atoms with Crippen LogP contribution in [0.15, 0.2) is 58.7 Å². The van der Waals surface area contributed by atoms with E-state index in [1.165, 1.54) is 17.3 Å². The first-order chi connectivity index (χ1) is 12.6. The molecule has 26 heavy (non-hydrogen) atoms. The van der Waals surface area contributed by atoms with Crippen LogP contribution in [0.1, 0.15) is 35.6 Å². The molecule has 0 saturated carbocycles. The molecule has 0 radical (unpaired) electrons. The summed E-state index contributed by atoms with van der Waals surface area (Å²) in [5, 5.41) is 9.22. The van der Waals surface area contributed by atoms with E-state index in [9.17, 15) is 4.79 Å². The second-order valence-corrected chi connectivity index (χ2v) is 7.58. The van der Waals surface area contributed by atoms with Crippen LogP contribution in [0.3, 0.4) is 0 Å². The van der Waals surface area contributed by atoms with Crippen LogP contribution in [-0.4, -0.2) is 27.4 Å². The van der Waals surface area contributed by atoms with Crippen LogP contribution in [0.5, 0.6) is 0 Å². The minimum absolute atomic E-state index is 0.0752. The van der Waals surface area contributed by atoms with Gasteiger partial charge in [0, 0.05) is 0 Å². The van der Waals surface area contributed by atoms with E-state index in [1.807, 2.05) is 43.3 Å². The van der Waals surface area contributed by atoms with E-state index in [0.717, 1.165) is 23.1 Å². The standard InChI is InChI=1S/C21H23N3OS/c1-4-19-20(25)24(14-17-8-6-5-7-9-17)21(26-19)23-22-13-18-11-10-15(2)12-16(18)3/h5-13,19H,4,14H2,1-3H3. The van der Waals surface area contributed by atoms with Crippen LogP contribution in [-0.2, 0) is 11.3 Å². The molecule has 1 aliphatic heterocycles. The Morgan fingerprint density at radius 2 is 1.92 bits per heavy atom. The molecule has 1 amide bonds. The quantitative estimate of drug-likeness (QED) is 0.576. The third-order valence-electron chi connectivity index (χ3n) is 4.34. The zero-order valence-electron chi connectivity index (χ0n) is 15.3. The lowest BCUT2D eigenvalue weighted by Gasteiger charge is -2.15. The summed E-state index contributed by atoms with van der Waals surface area (Å²) in [5.41, 5.74) is 4.51. The molecule has 0 bridgehead atoms. The average Bonchev–Trinajstić information content (AvgIpc) is 2.93. The maximum absolute atomic E-state index is 12.6. The number of nitrogens with zero attached hydrogens (tertiary/aromatic N) is 3. The highest BCUT2D eigenvalue weighted by Gasteiger charge is 2.36. The van der Waals surface area contributed by atoms with Gasteiger partial charge in [0.2, 0.25) is 5.91 Å². The molecule has 5 heteroatoms. The van der Waals surface area contributed by atoms with Gasteiger partial charge in [0.15, 0.2) is 5.17 Å². The number of carbonyl (C=O) groups excluding carboxylic acids is 1. The van der Waals surface area contributed by atoms with Crippen molar-refractivity contribution in [2.24, 2.45) is 10.2 Å². The lowest BCUT2D eigenvalue weighted by atomic mass is 10.1. The third-order valence-corrected chi connectivity index (χ3v) is 5.67. The van der Waals surface area contributed by atoms with Gasteiger partial charge in [-0.05, 0) is 37.0 Å². The van der Waals surface area contributed by atoms with Crippen LogP contribution < -0.4 is 0 Å². The lowest BCUT2D eigenvalue weighted by Crippen LogP contribution is -2.31. The van der Waals surface area contributed by atoms with Gasteiger partial charge >= 0.3 is 0 Å². The molecule has 3 rings (SSSR count). The number of hydrogen-bond acceptors (Lipinski definition) is 4. The normalized spacial score (nSPS) is 19.0. The largest absolute Gasteiger partial charge is 0.284 e. The molecule has 2 aromatic carbocycles. The summed E-state index contributed by atoms with van der Waals surface area (Å²) in [7, 11) is 0. The minimum atomic E-state index is -0.0752. The van der Waals surface area contributed by atoms with Crippen LogP contribution >= 0.6 is 11.8 Å². The molecular weight excluding hydrogens is 342 g/mol. The van der Waals surface area contributed by atoms with Crippen molar-refractivity contribution in [3.05, 3.63) is 70.8 Å². The third kappa shape index (κ3) is 4.22. The van der Waals surface area contributed by atoms with Gasteiger partial charge in [0.05, 0.1) is 18.0 Å². The van der Waals surface area contributed by atoms with Gasteiger partial charge in [-0.3, -0.25) is 9.69 Å². The first-order valence-corrected chi connectivity index (χ1v) is 9.66. The molecule has 134 valence electrons. The second-order valence-electron chi connectivity index (χ2n) is 6.41. The van der Waals surface area contributed by atoms with Crippen LogP contribution in [0.25, 0.3) is 0 Å². The van der Waals surface area contributed by atoms with Gasteiger partial charge in [-0.1, -0.05) is 72.8 Å². The number of benzene rings is 2. The molecule has 1 atom stereocenters. The Hall–Kier alpha value is -2.40. The van der Waals surface area contributed by atoms with Crippen molar-refractivity contribution in [2.45, 2.75) is 39.0 Å². The predicted octanol–water partition coefficient (Wildman–Crippen LogP) is 4.55. The number of amides is 1. The monoisotopic (exact) mass is 365 g/mol. The van der Waals surface area contributed by atoms with Crippen LogP contribution in [0.4, 0.5) is 0 Å². The number of thioether (sulfide) groups is 1. The Labute approximate surface area is 159 Å². The number of hydrogen-bond donors (Lipinski definition) is 0. The van der Waals surface area contributed by atoms with Gasteiger partial charge in [-0.25, -0.2) is 0 Å². The zero-order chi connectivity index (χ0) is 18.5. The number of carbonyl (C=O) groups is 1. The van der Waals surface area contributed by atoms with Gasteiger partial charge < -0.3 is 0 Å². The highest BCUT2D eigenvalue weighted by Crippen LogP contribution is 2.30. The summed E-state index contributed by atoms with van der Waals surface area (Å²) in [4.78, 5) is 14.4. The van der Waals surface area contributed by atoms with E-state index in [0.29, 0.717) is 11.7 Å². The van der Waals surface area contributed by atoms with Crippen molar-refractivity contribution in [2.75, 3.05) is 0 Å². The van der Waals surface area contributed by atoms with Crippen molar-refractivity contribution in [3.8, 4) is 0 Å². The molecule has 1 saturated heterocycles. The maximum atomic E-state index is 12.6. The highest BCUT2D eigenvalue weighted by atomic mass is 32.2. The van der Waals surface area contributed by atoms with Crippen molar-refractivity contribution in [1.82, 2.24) is 4.90 Å². The molecule has 1 heterocycles. The summed E-state index contributed by atoms with van der Waals surface area (Å²) in [6.07, 6.45) is 2.54. The van der Waals surface area contributed by atoms with Gasteiger partial charge in [0.25, 0.3) is 0 Å². The van der Waals surface area contributed by atoms with Gasteiger partial charge in [0.1, 0.15) is 0 Å². The molecule has 1 fully saturated rings. The van der Waals surface area contributed by atoms with E-state index in [2.05, 4.69) is 36.2 Å². The van der Waals surface area contributed by atoms with E-state index >= 15 is 0 Å². The second kappa shape index (κ2) is 8.32. The van der Waals surface area contributed by atoms with E-state index < -0.39 is 0 Å². The highest BCUT2D eigenvalue weighted by molar-refractivity contribution is 8.15. The molecule has 1 aliphatic rings. The molecule has 2 aromatic rings. The Morgan fingerprint density at radius 1 is 1.15 bits per heavy atom. The van der Waals surface area contributed by atoms with Crippen LogP contribution in [0.2, 0.25) is 0 Å². The number of rotatable bonds is 5. The number of aryl methyl sites for hydroxylation is 2. The van der Waals surface area contributed by atoms with Crippen molar-refractivity contribution >= 4 is 29.1 Å². The summed E-state index contributed by atoms with van der Waals surface area (Å²) < 4.78 is 0. The molecule has 0 spiro atoms. The minimum Gasteiger partial charge on any atom is -0.284 e. The lowest BCUT2D eigenvalue weighted by molar-refractivity contribution is -0.126. The average molecular weight is 366 g/mol. The summed E-state index contributed by atoms with van der Waals surface area (Å²) in [6, 6.07) is 16.2. The Balaban J connectivity index is 1.81. The Morgan fingerprint density at radius 3 is 2.62 bits per heavy atom. The van der Waals surface area contributed by atoms with Crippen molar-refractivity contribution in [1.29, 1.82) is 0 Å². The Kier molecular flexibility index (Phi) is 5.89. The summed E-state index contributed by atoms with van der Waals surface area (Å²) >= 11 is 1.50. The van der Waals surface area contributed by atoms with Crippen LogP contribution in [0, 0.1) is 13.8 Å². The van der Waals surface area contributed by atoms with Gasteiger partial charge in [-0.2, -0.15) is 5.10 Å². The molecule has 0 aromatic heterocycles. The fourth-order valence-electron chi connectivity index (χ4n) is 2.87. The topological polar surface area (TPSA) is 45.0 Å². The molecular formula is C21H23N3OS. The predicted molar refractivity (Wildman–Crippen MR) is 110 cm³/mol. The fourth-order valence-corrected chi connectivity index (χ4v) is 3.89. The zero-order valence-corrected chi connectivity index (χ0v) is 16.2. The first-order valence-electron chi connectivity index (χ1n) is 8.78. The molecule has 0 aliphatic carbocycles. The summed E-state index contributed by atoms with van der Waals surface area (Å²) in [5.74, 6) is 0.113. The van der Waals surface area contributed by atoms with E-state index in [4.69, 9.17) is 0 Å². The SMILES string of the molecule is CCC1SC(=NN=Cc2ccc(C)cc2C)N(Cc2ccccc2)C1=O. The Bertz CT molecular complexity index is 846. The number of amidine groups is 1. The van der Waals surface area contributed by atoms with Crippen molar-refractivity contribution in [3.63, 3.8) is 0 Å². The van der Waals surface area contributed by atoms with Gasteiger partial charge in [-0.15, -0.1) is 5.10 Å². The summed E-state index contributed by atoms with van der Waals surface area (Å²) in [6.45, 7) is 6.69. The van der Waals surface area contributed by atoms with E-state index in [-0.39, 0.29) is 11.2 Å². The first kappa shape index (κ1) is 18.4. The fraction of sp³-hybridized carbons (Fsp3) is 0.286. The smallest absolute Gasteiger partial charge is 0.242 e. The van der Waals surface area contributed by atoms with E-state index in [1.54, 1.807) is 11.1 Å². The van der Waals surface area contributed by atoms with Crippen molar-refractivity contribution < 1.29 is 4.79 Å². The maximum Gasteiger partial charge on any atom is 0.242 e. The molecule has 4 nitrogen and oxygen atoms in total. The molecule has 1 unspecified atom stereocenters.